The Bertz CT molecular complexity index is 165. The number of likely N-dealkylation sites (tertiary alicyclic amines) is 1. The van der Waals surface area contributed by atoms with Gasteiger partial charge in [-0.15, -0.1) is 0 Å². The average molecular weight is 169 g/mol. The first-order valence-corrected chi connectivity index (χ1v) is 4.61. The lowest BCUT2D eigenvalue weighted by Gasteiger charge is -2.11. The lowest BCUT2D eigenvalue weighted by molar-refractivity contribution is 0.333. The second-order valence-electron chi connectivity index (χ2n) is 3.61. The van der Waals surface area contributed by atoms with Crippen LogP contribution in [0.1, 0.15) is 20.3 Å². The lowest BCUT2D eigenvalue weighted by Crippen LogP contribution is -2.21. The number of rotatable bonds is 2. The maximum atomic E-state index is 4.50. The zero-order valence-electron chi connectivity index (χ0n) is 8.54. The molecule has 3 nitrogen and oxygen atoms in total. The minimum Gasteiger partial charge on any atom is -0.300 e. The fraction of sp³-hybridized carbons (Fsp3) is 0.889. The van der Waals surface area contributed by atoms with Crippen molar-refractivity contribution in [3.05, 3.63) is 0 Å². The van der Waals surface area contributed by atoms with Crippen LogP contribution in [0.5, 0.6) is 0 Å². The van der Waals surface area contributed by atoms with Crippen molar-refractivity contribution in [2.45, 2.75) is 26.3 Å². The van der Waals surface area contributed by atoms with Crippen LogP contribution in [0.3, 0.4) is 0 Å². The van der Waals surface area contributed by atoms with E-state index in [-0.39, 0.29) is 0 Å². The first kappa shape index (κ1) is 9.52. The SMILES string of the molecule is CCN(C)/N=C1\CC(C)N(C)C1. The van der Waals surface area contributed by atoms with E-state index in [1.807, 2.05) is 12.1 Å². The predicted octanol–water partition coefficient (Wildman–Crippen LogP) is 1.02. The van der Waals surface area contributed by atoms with Gasteiger partial charge >= 0.3 is 0 Å². The third-order valence-electron chi connectivity index (χ3n) is 2.49. The van der Waals surface area contributed by atoms with Crippen LogP contribution in [0.2, 0.25) is 0 Å². The van der Waals surface area contributed by atoms with Crippen molar-refractivity contribution in [1.29, 1.82) is 0 Å². The maximum Gasteiger partial charge on any atom is 0.0536 e. The quantitative estimate of drug-likeness (QED) is 0.575. The van der Waals surface area contributed by atoms with E-state index >= 15 is 0 Å². The maximum absolute atomic E-state index is 4.50. The molecule has 0 amide bonds. The van der Waals surface area contributed by atoms with Gasteiger partial charge in [0.05, 0.1) is 5.71 Å². The Morgan fingerprint density at radius 3 is 2.75 bits per heavy atom. The molecule has 1 aliphatic rings. The molecule has 3 heteroatoms. The van der Waals surface area contributed by atoms with E-state index in [4.69, 9.17) is 0 Å². The fourth-order valence-electron chi connectivity index (χ4n) is 1.39. The van der Waals surface area contributed by atoms with Crippen LogP contribution in [0.25, 0.3) is 0 Å². The van der Waals surface area contributed by atoms with Crippen LogP contribution in [-0.4, -0.2) is 48.8 Å². The highest BCUT2D eigenvalue weighted by molar-refractivity contribution is 5.88. The summed E-state index contributed by atoms with van der Waals surface area (Å²) in [5.41, 5.74) is 1.31. The molecule has 0 aliphatic carbocycles. The van der Waals surface area contributed by atoms with E-state index in [2.05, 4.69) is 30.9 Å². The van der Waals surface area contributed by atoms with Crippen LogP contribution < -0.4 is 0 Å². The summed E-state index contributed by atoms with van der Waals surface area (Å²) in [5.74, 6) is 0. The minimum absolute atomic E-state index is 0.661. The molecule has 1 saturated heterocycles. The van der Waals surface area contributed by atoms with Crippen LogP contribution >= 0.6 is 0 Å². The van der Waals surface area contributed by atoms with Crippen LogP contribution in [0.4, 0.5) is 0 Å². The van der Waals surface area contributed by atoms with Crippen molar-refractivity contribution in [3.63, 3.8) is 0 Å². The van der Waals surface area contributed by atoms with Gasteiger partial charge in [-0.2, -0.15) is 5.10 Å². The Kier molecular flexibility index (Phi) is 3.09. The molecule has 1 unspecified atom stereocenters. The summed E-state index contributed by atoms with van der Waals surface area (Å²) in [7, 11) is 4.18. The van der Waals surface area contributed by atoms with Crippen LogP contribution in [0.15, 0.2) is 5.10 Å². The summed E-state index contributed by atoms with van der Waals surface area (Å²) in [6, 6.07) is 0.661. The molecule has 1 fully saturated rings. The molecule has 1 aliphatic heterocycles. The van der Waals surface area contributed by atoms with Gasteiger partial charge < -0.3 is 5.01 Å². The average Bonchev–Trinajstić information content (AvgIpc) is 2.31. The van der Waals surface area contributed by atoms with Gasteiger partial charge in [0.2, 0.25) is 0 Å². The molecule has 0 spiro atoms. The highest BCUT2D eigenvalue weighted by Crippen LogP contribution is 2.12. The van der Waals surface area contributed by atoms with Crippen molar-refractivity contribution in [2.75, 3.05) is 27.2 Å². The standard InChI is InChI=1S/C9H19N3/c1-5-12(4)10-9-6-8(2)11(3)7-9/h8H,5-7H2,1-4H3/b10-9+. The fourth-order valence-corrected chi connectivity index (χ4v) is 1.39. The highest BCUT2D eigenvalue weighted by atomic mass is 15.4. The van der Waals surface area contributed by atoms with Gasteiger partial charge in [-0.3, -0.25) is 4.90 Å². The Morgan fingerprint density at radius 1 is 1.67 bits per heavy atom. The topological polar surface area (TPSA) is 18.8 Å². The number of nitrogens with zero attached hydrogens (tertiary/aromatic N) is 3. The second kappa shape index (κ2) is 3.90. The van der Waals surface area contributed by atoms with E-state index in [0.29, 0.717) is 6.04 Å². The normalized spacial score (nSPS) is 28.3. The molecule has 0 radical (unpaired) electrons. The Balaban J connectivity index is 2.50. The minimum atomic E-state index is 0.661. The highest BCUT2D eigenvalue weighted by Gasteiger charge is 2.21. The van der Waals surface area contributed by atoms with E-state index in [0.717, 1.165) is 19.5 Å². The van der Waals surface area contributed by atoms with E-state index < -0.39 is 0 Å². The van der Waals surface area contributed by atoms with E-state index in [9.17, 15) is 0 Å². The van der Waals surface area contributed by atoms with Crippen molar-refractivity contribution in [2.24, 2.45) is 5.10 Å². The molecule has 0 aromatic carbocycles. The molecule has 70 valence electrons. The van der Waals surface area contributed by atoms with Crippen molar-refractivity contribution in [3.8, 4) is 0 Å². The predicted molar refractivity (Wildman–Crippen MR) is 52.4 cm³/mol. The van der Waals surface area contributed by atoms with Gasteiger partial charge in [-0.1, -0.05) is 0 Å². The van der Waals surface area contributed by atoms with Gasteiger partial charge in [0.25, 0.3) is 0 Å². The molecular weight excluding hydrogens is 150 g/mol. The van der Waals surface area contributed by atoms with Gasteiger partial charge in [-0.05, 0) is 20.9 Å². The molecule has 0 N–H and O–H groups in total. The van der Waals surface area contributed by atoms with Gasteiger partial charge in [0, 0.05) is 32.6 Å². The third-order valence-corrected chi connectivity index (χ3v) is 2.49. The molecule has 1 heterocycles. The largest absolute Gasteiger partial charge is 0.300 e. The molecule has 0 saturated carbocycles. The summed E-state index contributed by atoms with van der Waals surface area (Å²) < 4.78 is 0. The number of hydrogen-bond donors (Lipinski definition) is 0. The van der Waals surface area contributed by atoms with E-state index in [1.54, 1.807) is 0 Å². The summed E-state index contributed by atoms with van der Waals surface area (Å²) >= 11 is 0. The lowest BCUT2D eigenvalue weighted by atomic mass is 10.2. The van der Waals surface area contributed by atoms with Gasteiger partial charge in [0.15, 0.2) is 0 Å². The molecular formula is C9H19N3. The zero-order valence-corrected chi connectivity index (χ0v) is 8.54. The van der Waals surface area contributed by atoms with Crippen molar-refractivity contribution in [1.82, 2.24) is 9.91 Å². The Labute approximate surface area is 75.0 Å². The summed E-state index contributed by atoms with van der Waals surface area (Å²) in [6.07, 6.45) is 1.13. The number of hydrazone groups is 1. The molecule has 0 bridgehead atoms. The van der Waals surface area contributed by atoms with Gasteiger partial charge in [-0.25, -0.2) is 0 Å². The smallest absolute Gasteiger partial charge is 0.0536 e. The van der Waals surface area contributed by atoms with Gasteiger partial charge in [0.1, 0.15) is 0 Å². The first-order valence-electron chi connectivity index (χ1n) is 4.61. The molecule has 12 heavy (non-hydrogen) atoms. The van der Waals surface area contributed by atoms with Crippen molar-refractivity contribution >= 4 is 5.71 Å². The van der Waals surface area contributed by atoms with Crippen LogP contribution in [-0.2, 0) is 0 Å². The molecule has 1 atom stereocenters. The molecule has 0 aromatic heterocycles. The Morgan fingerprint density at radius 2 is 2.33 bits per heavy atom. The zero-order chi connectivity index (χ0) is 9.14. The third kappa shape index (κ3) is 2.21. The monoisotopic (exact) mass is 169 g/mol. The molecule has 1 rings (SSSR count). The summed E-state index contributed by atoms with van der Waals surface area (Å²) in [6.45, 7) is 6.38. The first-order chi connectivity index (χ1) is 5.63. The Hall–Kier alpha value is -0.570. The summed E-state index contributed by atoms with van der Waals surface area (Å²) in [4.78, 5) is 2.34. The van der Waals surface area contributed by atoms with Crippen LogP contribution in [0, 0.1) is 0 Å². The summed E-state index contributed by atoms with van der Waals surface area (Å²) in [5, 5.41) is 6.50. The van der Waals surface area contributed by atoms with Crippen molar-refractivity contribution < 1.29 is 0 Å². The second-order valence-corrected chi connectivity index (χ2v) is 3.61. The molecule has 0 aromatic rings. The number of hydrogen-bond acceptors (Lipinski definition) is 3. The van der Waals surface area contributed by atoms with E-state index in [1.165, 1.54) is 5.71 Å².